The van der Waals surface area contributed by atoms with E-state index in [1.54, 1.807) is 7.05 Å². The fourth-order valence-corrected chi connectivity index (χ4v) is 4.38. The molecule has 1 aliphatic heterocycles. The van der Waals surface area contributed by atoms with Gasteiger partial charge in [-0.2, -0.15) is 0 Å². The van der Waals surface area contributed by atoms with Gasteiger partial charge in [0.25, 0.3) is 0 Å². The van der Waals surface area contributed by atoms with Crippen LogP contribution < -0.4 is 4.72 Å². The lowest BCUT2D eigenvalue weighted by molar-refractivity contribution is 0.594. The summed E-state index contributed by atoms with van der Waals surface area (Å²) in [5.41, 5.74) is 1.16. The summed E-state index contributed by atoms with van der Waals surface area (Å²) >= 11 is 1.35. The van der Waals surface area contributed by atoms with Crippen molar-refractivity contribution in [3.63, 3.8) is 0 Å². The Kier molecular flexibility index (Phi) is 3.44. The predicted molar refractivity (Wildman–Crippen MR) is 70.9 cm³/mol. The van der Waals surface area contributed by atoms with Crippen molar-refractivity contribution in [3.8, 4) is 0 Å². The third-order valence-corrected chi connectivity index (χ3v) is 5.93. The third-order valence-electron chi connectivity index (χ3n) is 2.52. The summed E-state index contributed by atoms with van der Waals surface area (Å²) in [6.45, 7) is 2.00. The Labute approximate surface area is 106 Å². The lowest BCUT2D eigenvalue weighted by Gasteiger charge is -2.07. The number of nitrogens with zero attached hydrogens (tertiary/aromatic N) is 1. The van der Waals surface area contributed by atoms with E-state index in [1.807, 2.05) is 31.2 Å². The molecule has 1 aromatic carbocycles. The van der Waals surface area contributed by atoms with Gasteiger partial charge in [-0.25, -0.2) is 8.42 Å². The van der Waals surface area contributed by atoms with E-state index >= 15 is 0 Å². The van der Waals surface area contributed by atoms with Crippen molar-refractivity contribution < 1.29 is 8.42 Å². The number of benzene rings is 1. The quantitative estimate of drug-likeness (QED) is 0.891. The minimum absolute atomic E-state index is 0.442. The van der Waals surface area contributed by atoms with Crippen LogP contribution in [0.25, 0.3) is 0 Å². The van der Waals surface area contributed by atoms with Gasteiger partial charge < -0.3 is 0 Å². The summed E-state index contributed by atoms with van der Waals surface area (Å²) in [5.74, 6) is 0.537. The maximum Gasteiger partial charge on any atom is 0.246 e. The topological polar surface area (TPSA) is 58.5 Å². The van der Waals surface area contributed by atoms with Crippen LogP contribution in [0.2, 0.25) is 0 Å². The Bertz CT molecular complexity index is 535. The van der Waals surface area contributed by atoms with Crippen molar-refractivity contribution >= 4 is 27.6 Å². The van der Waals surface area contributed by atoms with Crippen LogP contribution in [0.3, 0.4) is 0 Å². The second-order valence-corrected chi connectivity index (χ2v) is 7.32. The molecule has 0 radical (unpaired) electrons. The van der Waals surface area contributed by atoms with E-state index in [1.165, 1.54) is 11.8 Å². The lowest BCUT2D eigenvalue weighted by Crippen LogP contribution is -2.23. The first kappa shape index (κ1) is 12.4. The maximum atomic E-state index is 11.8. The average Bonchev–Trinajstić information content (AvgIpc) is 2.57. The highest BCUT2D eigenvalue weighted by atomic mass is 32.3. The zero-order valence-corrected chi connectivity index (χ0v) is 11.3. The number of hydrogen-bond acceptors (Lipinski definition) is 4. The Hall–Kier alpha value is -1.01. The number of hydrogen-bond donors (Lipinski definition) is 1. The van der Waals surface area contributed by atoms with E-state index in [0.29, 0.717) is 12.3 Å². The molecular weight excluding hydrogens is 256 g/mol. The van der Waals surface area contributed by atoms with Crippen molar-refractivity contribution in [3.05, 3.63) is 29.8 Å². The van der Waals surface area contributed by atoms with E-state index in [0.717, 1.165) is 10.5 Å². The summed E-state index contributed by atoms with van der Waals surface area (Å²) in [4.78, 5) is 4.86. The van der Waals surface area contributed by atoms with Crippen molar-refractivity contribution in [2.75, 3.05) is 7.05 Å². The molecular formula is C11H14N2O2S2. The number of nitrogens with one attached hydrogen (secondary N) is 1. The van der Waals surface area contributed by atoms with Gasteiger partial charge in [-0.05, 0) is 19.1 Å². The molecule has 1 aromatic rings. The number of aryl methyl sites for hydroxylation is 1. The van der Waals surface area contributed by atoms with Crippen molar-refractivity contribution in [1.29, 1.82) is 0 Å². The molecule has 2 rings (SSSR count). The Morgan fingerprint density at radius 3 is 2.53 bits per heavy atom. The molecule has 1 atom stereocenters. The first-order valence-electron chi connectivity index (χ1n) is 5.22. The monoisotopic (exact) mass is 270 g/mol. The molecule has 1 heterocycles. The minimum atomic E-state index is -3.27. The standard InChI is InChI=1S/C11H14N2O2S2/c1-8-3-5-9(6-4-8)16-11-7-10(12-2)13-17(11,14)15/h3-6,11H,7H2,1-2H3,(H,12,13). The second kappa shape index (κ2) is 4.70. The van der Waals surface area contributed by atoms with Crippen LogP contribution in [0.15, 0.2) is 34.2 Å². The van der Waals surface area contributed by atoms with Crippen LogP contribution in [0.5, 0.6) is 0 Å². The molecule has 6 heteroatoms. The number of thioether (sulfide) groups is 1. The maximum absolute atomic E-state index is 11.8. The molecule has 1 fully saturated rings. The predicted octanol–water partition coefficient (Wildman–Crippen LogP) is 1.76. The molecule has 0 spiro atoms. The first-order chi connectivity index (χ1) is 8.01. The molecule has 0 aromatic heterocycles. The molecule has 1 N–H and O–H groups in total. The van der Waals surface area contributed by atoms with Crippen LogP contribution in [0.4, 0.5) is 0 Å². The Balaban J connectivity index is 2.17. The SMILES string of the molecule is CN=C1CC(Sc2ccc(C)cc2)S(=O)(=O)N1. The van der Waals surface area contributed by atoms with E-state index < -0.39 is 14.6 Å². The van der Waals surface area contributed by atoms with E-state index in [4.69, 9.17) is 0 Å². The van der Waals surface area contributed by atoms with Gasteiger partial charge >= 0.3 is 0 Å². The van der Waals surface area contributed by atoms with Crippen molar-refractivity contribution in [2.24, 2.45) is 4.99 Å². The summed E-state index contributed by atoms with van der Waals surface area (Å²) in [6, 6.07) is 7.84. The normalized spacial score (nSPS) is 24.8. The van der Waals surface area contributed by atoms with Gasteiger partial charge in [0.2, 0.25) is 10.0 Å². The first-order valence-corrected chi connectivity index (χ1v) is 7.64. The highest BCUT2D eigenvalue weighted by Gasteiger charge is 2.35. The van der Waals surface area contributed by atoms with Gasteiger partial charge in [0.05, 0.1) is 0 Å². The summed E-state index contributed by atoms with van der Waals surface area (Å²) < 4.78 is 25.6. The van der Waals surface area contributed by atoms with Crippen LogP contribution in [0.1, 0.15) is 12.0 Å². The molecule has 1 unspecified atom stereocenters. The molecule has 0 aliphatic carbocycles. The summed E-state index contributed by atoms with van der Waals surface area (Å²) in [5, 5.41) is 0. The highest BCUT2D eigenvalue weighted by Crippen LogP contribution is 2.32. The van der Waals surface area contributed by atoms with Gasteiger partial charge in [-0.1, -0.05) is 17.7 Å². The molecule has 4 nitrogen and oxygen atoms in total. The smallest absolute Gasteiger partial charge is 0.246 e. The molecule has 0 bridgehead atoms. The van der Waals surface area contributed by atoms with Gasteiger partial charge in [0.1, 0.15) is 10.4 Å². The van der Waals surface area contributed by atoms with Crippen molar-refractivity contribution in [1.82, 2.24) is 4.72 Å². The van der Waals surface area contributed by atoms with Crippen molar-refractivity contribution in [2.45, 2.75) is 22.8 Å². The van der Waals surface area contributed by atoms with Crippen LogP contribution in [0, 0.1) is 6.92 Å². The molecule has 0 amide bonds. The Morgan fingerprint density at radius 2 is 2.00 bits per heavy atom. The third kappa shape index (κ3) is 2.81. The van der Waals surface area contributed by atoms with Crippen LogP contribution in [-0.2, 0) is 10.0 Å². The minimum Gasteiger partial charge on any atom is -0.275 e. The second-order valence-electron chi connectivity index (χ2n) is 3.88. The van der Waals surface area contributed by atoms with Crippen LogP contribution >= 0.6 is 11.8 Å². The zero-order chi connectivity index (χ0) is 12.5. The number of sulfonamides is 1. The van der Waals surface area contributed by atoms with Gasteiger partial charge in [-0.15, -0.1) is 11.8 Å². The largest absolute Gasteiger partial charge is 0.275 e. The fraction of sp³-hybridized carbons (Fsp3) is 0.364. The number of amidine groups is 1. The lowest BCUT2D eigenvalue weighted by atomic mass is 10.2. The molecule has 1 saturated heterocycles. The van der Waals surface area contributed by atoms with Crippen LogP contribution in [-0.4, -0.2) is 25.9 Å². The van der Waals surface area contributed by atoms with E-state index in [2.05, 4.69) is 9.71 Å². The van der Waals surface area contributed by atoms with E-state index in [-0.39, 0.29) is 0 Å². The average molecular weight is 270 g/mol. The zero-order valence-electron chi connectivity index (χ0n) is 9.67. The molecule has 0 saturated carbocycles. The fourth-order valence-electron chi connectivity index (χ4n) is 1.55. The van der Waals surface area contributed by atoms with E-state index in [9.17, 15) is 8.42 Å². The highest BCUT2D eigenvalue weighted by molar-refractivity contribution is 8.13. The molecule has 92 valence electrons. The van der Waals surface area contributed by atoms with Gasteiger partial charge in [-0.3, -0.25) is 9.71 Å². The number of rotatable bonds is 2. The molecule has 1 aliphatic rings. The summed E-state index contributed by atoms with van der Waals surface area (Å²) in [6.07, 6.45) is 0.442. The molecule has 17 heavy (non-hydrogen) atoms. The Morgan fingerprint density at radius 1 is 1.35 bits per heavy atom. The summed E-state index contributed by atoms with van der Waals surface area (Å²) in [7, 11) is -1.68. The number of aliphatic imine (C=N–C) groups is 1. The van der Waals surface area contributed by atoms with Gasteiger partial charge in [0.15, 0.2) is 0 Å². The van der Waals surface area contributed by atoms with Gasteiger partial charge in [0, 0.05) is 18.4 Å².